The summed E-state index contributed by atoms with van der Waals surface area (Å²) in [5.74, 6) is 1.92. The smallest absolute Gasteiger partial charge is 0.138 e. The summed E-state index contributed by atoms with van der Waals surface area (Å²) in [5.41, 5.74) is -0.0235. The van der Waals surface area contributed by atoms with Crippen LogP contribution in [0.5, 0.6) is 0 Å². The largest absolute Gasteiger partial charge is 0.374 e. The van der Waals surface area contributed by atoms with E-state index in [-0.39, 0.29) is 5.60 Å². The average molecular weight is 182 g/mol. The van der Waals surface area contributed by atoms with Crippen LogP contribution in [0.25, 0.3) is 0 Å². The van der Waals surface area contributed by atoms with Crippen LogP contribution in [0.4, 0.5) is 0 Å². The lowest BCUT2D eigenvalue weighted by atomic mass is 9.63. The minimum Gasteiger partial charge on any atom is -0.374 e. The second kappa shape index (κ2) is 3.09. The Bertz CT molecular complexity index is 214. The summed E-state index contributed by atoms with van der Waals surface area (Å²) in [6.07, 6.45) is 3.52. The molecule has 13 heavy (non-hydrogen) atoms. The van der Waals surface area contributed by atoms with E-state index in [0.717, 1.165) is 24.7 Å². The van der Waals surface area contributed by atoms with E-state index in [1.807, 2.05) is 0 Å². The number of carbonyl (C=O) groups is 1. The number of hydrogen-bond donors (Lipinski definition) is 0. The van der Waals surface area contributed by atoms with E-state index in [1.165, 1.54) is 0 Å². The van der Waals surface area contributed by atoms with Crippen LogP contribution in [0, 0.1) is 11.8 Å². The zero-order valence-electron chi connectivity index (χ0n) is 8.51. The number of rotatable bonds is 1. The molecule has 1 spiro atoms. The number of carbonyl (C=O) groups excluding carboxylic acids is 1. The van der Waals surface area contributed by atoms with Crippen LogP contribution < -0.4 is 0 Å². The van der Waals surface area contributed by atoms with Gasteiger partial charge < -0.3 is 4.74 Å². The number of hydrogen-bond acceptors (Lipinski definition) is 2. The summed E-state index contributed by atoms with van der Waals surface area (Å²) in [6, 6.07) is 0. The van der Waals surface area contributed by atoms with Gasteiger partial charge in [0.1, 0.15) is 5.78 Å². The van der Waals surface area contributed by atoms with Crippen LogP contribution in [-0.4, -0.2) is 18.0 Å². The number of Topliss-reactive ketones (excluding diaryl/α,β-unsaturated/α-hetero) is 1. The molecule has 0 amide bonds. The third-order valence-corrected chi connectivity index (χ3v) is 3.52. The molecule has 0 bridgehead atoms. The van der Waals surface area contributed by atoms with Gasteiger partial charge in [-0.05, 0) is 24.7 Å². The predicted octanol–water partition coefficient (Wildman–Crippen LogP) is 2.17. The fraction of sp³-hybridized carbons (Fsp3) is 0.909. The Morgan fingerprint density at radius 1 is 1.46 bits per heavy atom. The molecule has 74 valence electrons. The van der Waals surface area contributed by atoms with Crippen molar-refractivity contribution in [1.82, 2.24) is 0 Å². The SMILES string of the molecule is CC(C)C1CC2(CC(=O)CCO2)C1. The van der Waals surface area contributed by atoms with E-state index in [2.05, 4.69) is 13.8 Å². The molecule has 0 unspecified atom stereocenters. The molecular formula is C11H18O2. The molecule has 0 aromatic carbocycles. The first-order valence-electron chi connectivity index (χ1n) is 5.27. The normalized spacial score (nSPS) is 39.6. The van der Waals surface area contributed by atoms with Crippen molar-refractivity contribution >= 4 is 5.78 Å². The van der Waals surface area contributed by atoms with Gasteiger partial charge in [-0.15, -0.1) is 0 Å². The van der Waals surface area contributed by atoms with E-state index in [1.54, 1.807) is 0 Å². The Hall–Kier alpha value is -0.370. The summed E-state index contributed by atoms with van der Waals surface area (Å²) >= 11 is 0. The summed E-state index contributed by atoms with van der Waals surface area (Å²) < 4.78 is 5.73. The third-order valence-electron chi connectivity index (χ3n) is 3.52. The molecule has 2 aliphatic rings. The van der Waals surface area contributed by atoms with Gasteiger partial charge in [0.05, 0.1) is 12.2 Å². The van der Waals surface area contributed by atoms with Crippen molar-refractivity contribution in [3.63, 3.8) is 0 Å². The van der Waals surface area contributed by atoms with Crippen molar-refractivity contribution in [2.45, 2.75) is 45.1 Å². The molecule has 0 N–H and O–H groups in total. The molecule has 0 radical (unpaired) electrons. The van der Waals surface area contributed by atoms with E-state index in [4.69, 9.17) is 4.74 Å². The first-order chi connectivity index (χ1) is 6.11. The molecule has 1 saturated carbocycles. The van der Waals surface area contributed by atoms with E-state index in [0.29, 0.717) is 25.2 Å². The lowest BCUT2D eigenvalue weighted by molar-refractivity contribution is -0.171. The summed E-state index contributed by atoms with van der Waals surface area (Å²) in [5, 5.41) is 0. The van der Waals surface area contributed by atoms with Gasteiger partial charge in [0.25, 0.3) is 0 Å². The summed E-state index contributed by atoms with van der Waals surface area (Å²) in [4.78, 5) is 11.3. The monoisotopic (exact) mass is 182 g/mol. The first kappa shape index (κ1) is 9.20. The van der Waals surface area contributed by atoms with E-state index in [9.17, 15) is 4.79 Å². The van der Waals surface area contributed by atoms with E-state index < -0.39 is 0 Å². The van der Waals surface area contributed by atoms with Gasteiger partial charge in [-0.1, -0.05) is 13.8 Å². The van der Waals surface area contributed by atoms with E-state index >= 15 is 0 Å². The Morgan fingerprint density at radius 2 is 2.15 bits per heavy atom. The first-order valence-corrected chi connectivity index (χ1v) is 5.27. The summed E-state index contributed by atoms with van der Waals surface area (Å²) in [7, 11) is 0. The Labute approximate surface area is 79.7 Å². The lowest BCUT2D eigenvalue weighted by Crippen LogP contribution is -2.51. The maximum absolute atomic E-state index is 11.3. The zero-order chi connectivity index (χ0) is 9.47. The van der Waals surface area contributed by atoms with Crippen molar-refractivity contribution in [3.05, 3.63) is 0 Å². The topological polar surface area (TPSA) is 26.3 Å². The zero-order valence-corrected chi connectivity index (χ0v) is 8.51. The molecule has 2 rings (SSSR count). The van der Waals surface area contributed by atoms with Gasteiger partial charge in [-0.2, -0.15) is 0 Å². The number of ether oxygens (including phenoxy) is 1. The minimum atomic E-state index is -0.0235. The van der Waals surface area contributed by atoms with Crippen LogP contribution in [0.2, 0.25) is 0 Å². The summed E-state index contributed by atoms with van der Waals surface area (Å²) in [6.45, 7) is 5.16. The molecular weight excluding hydrogens is 164 g/mol. The third kappa shape index (κ3) is 1.64. The molecule has 2 heteroatoms. The second-order valence-corrected chi connectivity index (χ2v) is 4.91. The second-order valence-electron chi connectivity index (χ2n) is 4.91. The Morgan fingerprint density at radius 3 is 2.69 bits per heavy atom. The van der Waals surface area contributed by atoms with Crippen LogP contribution in [0.15, 0.2) is 0 Å². The fourth-order valence-electron chi connectivity index (χ4n) is 2.51. The minimum absolute atomic E-state index is 0.0235. The van der Waals surface area contributed by atoms with Crippen molar-refractivity contribution in [1.29, 1.82) is 0 Å². The van der Waals surface area contributed by atoms with Crippen molar-refractivity contribution in [2.75, 3.05) is 6.61 Å². The van der Waals surface area contributed by atoms with Gasteiger partial charge in [0.2, 0.25) is 0 Å². The van der Waals surface area contributed by atoms with Crippen molar-refractivity contribution < 1.29 is 9.53 Å². The fourth-order valence-corrected chi connectivity index (χ4v) is 2.51. The molecule has 0 atom stereocenters. The van der Waals surface area contributed by atoms with Gasteiger partial charge in [0, 0.05) is 12.8 Å². The molecule has 1 saturated heterocycles. The van der Waals surface area contributed by atoms with Crippen molar-refractivity contribution in [2.24, 2.45) is 11.8 Å². The maximum atomic E-state index is 11.3. The highest BCUT2D eigenvalue weighted by molar-refractivity contribution is 5.80. The highest BCUT2D eigenvalue weighted by atomic mass is 16.5. The molecule has 1 aliphatic heterocycles. The molecule has 2 nitrogen and oxygen atoms in total. The highest BCUT2D eigenvalue weighted by Crippen LogP contribution is 2.48. The molecule has 2 fully saturated rings. The lowest BCUT2D eigenvalue weighted by Gasteiger charge is -2.50. The maximum Gasteiger partial charge on any atom is 0.138 e. The predicted molar refractivity (Wildman–Crippen MR) is 50.5 cm³/mol. The number of ketones is 1. The highest BCUT2D eigenvalue weighted by Gasteiger charge is 2.48. The average Bonchev–Trinajstić information content (AvgIpc) is 1.99. The van der Waals surface area contributed by atoms with Crippen molar-refractivity contribution in [3.8, 4) is 0 Å². The van der Waals surface area contributed by atoms with Crippen LogP contribution in [-0.2, 0) is 9.53 Å². The van der Waals surface area contributed by atoms with Crippen LogP contribution in [0.1, 0.15) is 39.5 Å². The molecule has 1 heterocycles. The quantitative estimate of drug-likeness (QED) is 0.621. The standard InChI is InChI=1S/C11H18O2/c1-8(2)9-5-11(6-9)7-10(12)3-4-13-11/h8-9H,3-7H2,1-2H3. The Balaban J connectivity index is 1.91. The van der Waals surface area contributed by atoms with Crippen LogP contribution in [0.3, 0.4) is 0 Å². The van der Waals surface area contributed by atoms with Crippen LogP contribution >= 0.6 is 0 Å². The van der Waals surface area contributed by atoms with Gasteiger partial charge in [-0.3, -0.25) is 4.79 Å². The van der Waals surface area contributed by atoms with Gasteiger partial charge in [0.15, 0.2) is 0 Å². The van der Waals surface area contributed by atoms with Gasteiger partial charge in [-0.25, -0.2) is 0 Å². The Kier molecular flexibility index (Phi) is 2.18. The van der Waals surface area contributed by atoms with Gasteiger partial charge >= 0.3 is 0 Å². The molecule has 1 aliphatic carbocycles. The molecule has 0 aromatic heterocycles. The molecule has 0 aromatic rings.